The minimum Gasteiger partial charge on any atom is -0.0616 e. The molecule has 28 heavy (non-hydrogen) atoms. The van der Waals surface area contributed by atoms with Gasteiger partial charge in [-0.15, -0.1) is 0 Å². The normalized spacial score (nSPS) is 11.6. The highest BCUT2D eigenvalue weighted by atomic mass is 14.2. The van der Waals surface area contributed by atoms with Gasteiger partial charge in [0.05, 0.1) is 0 Å². The van der Waals surface area contributed by atoms with E-state index in [9.17, 15) is 0 Å². The summed E-state index contributed by atoms with van der Waals surface area (Å²) in [6.07, 6.45) is 0. The fraction of sp³-hybridized carbons (Fsp3) is 0. The third-order valence-corrected chi connectivity index (χ3v) is 5.70. The first kappa shape index (κ1) is 15.4. The zero-order valence-electron chi connectivity index (χ0n) is 15.3. The van der Waals surface area contributed by atoms with E-state index in [1.165, 1.54) is 54.2 Å². The van der Waals surface area contributed by atoms with Crippen LogP contribution >= 0.6 is 0 Å². The molecule has 0 amide bonds. The molecule has 0 N–H and O–H groups in total. The molecule has 0 spiro atoms. The van der Waals surface area contributed by atoms with Crippen molar-refractivity contribution >= 4 is 43.1 Å². The molecule has 0 saturated heterocycles. The molecule has 0 aliphatic heterocycles. The minimum absolute atomic E-state index is 1.18. The van der Waals surface area contributed by atoms with Crippen LogP contribution in [0.3, 0.4) is 0 Å². The highest BCUT2D eigenvalue weighted by Gasteiger charge is 2.15. The number of fused-ring (bicyclic) bond motifs is 4. The Kier molecular flexibility index (Phi) is 3.27. The maximum absolute atomic E-state index is 3.54. The largest absolute Gasteiger partial charge is 0.0616 e. The van der Waals surface area contributed by atoms with Gasteiger partial charge in [0.25, 0.3) is 0 Å². The summed E-state index contributed by atoms with van der Waals surface area (Å²) in [6, 6.07) is 40.5. The van der Waals surface area contributed by atoms with Crippen molar-refractivity contribution in [3.05, 3.63) is 109 Å². The summed E-state index contributed by atoms with van der Waals surface area (Å²) in [5, 5.41) is 10.1. The molecule has 6 aromatic rings. The lowest BCUT2D eigenvalue weighted by Gasteiger charge is -2.17. The molecule has 0 unspecified atom stereocenters. The van der Waals surface area contributed by atoms with Crippen molar-refractivity contribution in [1.29, 1.82) is 0 Å². The molecule has 0 aliphatic carbocycles. The van der Waals surface area contributed by atoms with Crippen molar-refractivity contribution in [2.75, 3.05) is 0 Å². The molecule has 0 bridgehead atoms. The predicted octanol–water partition coefficient (Wildman–Crippen LogP) is 7.77. The van der Waals surface area contributed by atoms with Gasteiger partial charge in [0.1, 0.15) is 0 Å². The summed E-state index contributed by atoms with van der Waals surface area (Å²) >= 11 is 0. The Balaban J connectivity index is 1.95. The number of hydrogen-bond donors (Lipinski definition) is 0. The van der Waals surface area contributed by atoms with Crippen molar-refractivity contribution in [1.82, 2.24) is 0 Å². The summed E-state index contributed by atoms with van der Waals surface area (Å²) in [5.41, 5.74) is 2.58. The maximum Gasteiger partial charge on any atom is -0.000808 e. The Labute approximate surface area is 163 Å². The second-order valence-corrected chi connectivity index (χ2v) is 7.30. The summed E-state index contributed by atoms with van der Waals surface area (Å²) in [7, 11) is 0. The first-order valence-corrected chi connectivity index (χ1v) is 9.63. The SMILES string of the molecule is [c]1cccc2cc3ccccc3c(-c3c4ccccc4cc4ccccc34)c12. The van der Waals surface area contributed by atoms with Crippen LogP contribution in [0.25, 0.3) is 54.2 Å². The number of rotatable bonds is 1. The van der Waals surface area contributed by atoms with Crippen molar-refractivity contribution in [3.63, 3.8) is 0 Å². The average molecular weight is 353 g/mol. The van der Waals surface area contributed by atoms with Gasteiger partial charge in [-0.05, 0) is 72.4 Å². The van der Waals surface area contributed by atoms with Crippen molar-refractivity contribution in [2.24, 2.45) is 0 Å². The van der Waals surface area contributed by atoms with E-state index in [2.05, 4.69) is 103 Å². The Bertz CT molecular complexity index is 1280. The maximum atomic E-state index is 3.54. The second-order valence-electron chi connectivity index (χ2n) is 7.30. The van der Waals surface area contributed by atoms with Crippen LogP contribution in [0.15, 0.2) is 103 Å². The Morgan fingerprint density at radius 1 is 0.429 bits per heavy atom. The van der Waals surface area contributed by atoms with Crippen molar-refractivity contribution in [3.8, 4) is 11.1 Å². The van der Waals surface area contributed by atoms with Crippen LogP contribution in [-0.4, -0.2) is 0 Å². The van der Waals surface area contributed by atoms with E-state index in [4.69, 9.17) is 0 Å². The van der Waals surface area contributed by atoms with Gasteiger partial charge in [-0.25, -0.2) is 0 Å². The second kappa shape index (κ2) is 5.94. The molecule has 0 fully saturated rings. The van der Waals surface area contributed by atoms with Crippen LogP contribution in [0.2, 0.25) is 0 Å². The smallest absolute Gasteiger partial charge is 0.000808 e. The highest BCUT2D eigenvalue weighted by molar-refractivity contribution is 6.23. The van der Waals surface area contributed by atoms with Gasteiger partial charge in [-0.3, -0.25) is 0 Å². The van der Waals surface area contributed by atoms with Crippen LogP contribution in [0.4, 0.5) is 0 Å². The molecule has 129 valence electrons. The third kappa shape index (κ3) is 2.18. The van der Waals surface area contributed by atoms with Crippen LogP contribution < -0.4 is 0 Å². The van der Waals surface area contributed by atoms with Crippen LogP contribution in [0.5, 0.6) is 0 Å². The van der Waals surface area contributed by atoms with Gasteiger partial charge in [-0.2, -0.15) is 0 Å². The van der Waals surface area contributed by atoms with E-state index in [-0.39, 0.29) is 0 Å². The fourth-order valence-electron chi connectivity index (χ4n) is 4.48. The molecule has 0 aliphatic rings. The van der Waals surface area contributed by atoms with Gasteiger partial charge in [0, 0.05) is 0 Å². The Morgan fingerprint density at radius 2 is 0.893 bits per heavy atom. The van der Waals surface area contributed by atoms with Crippen LogP contribution in [0, 0.1) is 6.07 Å². The molecular formula is C28H17. The summed E-state index contributed by atoms with van der Waals surface area (Å²) in [6.45, 7) is 0. The number of hydrogen-bond acceptors (Lipinski definition) is 0. The molecule has 1 radical (unpaired) electrons. The first-order chi connectivity index (χ1) is 13.9. The summed E-state index contributed by atoms with van der Waals surface area (Å²) in [4.78, 5) is 0. The standard InChI is InChI=1S/C28H17/c1-5-13-23-19(9-1)17-20-10-2-6-14-24(20)27(23)28-25-15-7-3-11-21(25)18-22-12-4-8-16-26(22)28/h1-15,17-18H. The zero-order chi connectivity index (χ0) is 18.5. The summed E-state index contributed by atoms with van der Waals surface area (Å²) in [5.74, 6) is 0. The topological polar surface area (TPSA) is 0 Å². The minimum atomic E-state index is 1.18. The summed E-state index contributed by atoms with van der Waals surface area (Å²) < 4.78 is 0. The predicted molar refractivity (Wildman–Crippen MR) is 121 cm³/mol. The van der Waals surface area contributed by atoms with E-state index in [0.29, 0.717) is 0 Å². The highest BCUT2D eigenvalue weighted by Crippen LogP contribution is 2.43. The Hall–Kier alpha value is -3.64. The van der Waals surface area contributed by atoms with E-state index >= 15 is 0 Å². The lowest BCUT2D eigenvalue weighted by atomic mass is 9.86. The van der Waals surface area contributed by atoms with E-state index < -0.39 is 0 Å². The lowest BCUT2D eigenvalue weighted by molar-refractivity contribution is 1.72. The number of benzene rings is 6. The molecule has 0 heterocycles. The van der Waals surface area contributed by atoms with Crippen LogP contribution in [0.1, 0.15) is 0 Å². The lowest BCUT2D eigenvalue weighted by Crippen LogP contribution is -1.89. The molecule has 0 heteroatoms. The average Bonchev–Trinajstić information content (AvgIpc) is 2.76. The molecule has 0 nitrogen and oxygen atoms in total. The molecule has 0 saturated carbocycles. The molecule has 6 rings (SSSR count). The Morgan fingerprint density at radius 3 is 1.50 bits per heavy atom. The third-order valence-electron chi connectivity index (χ3n) is 5.70. The van der Waals surface area contributed by atoms with Gasteiger partial charge in [-0.1, -0.05) is 91.0 Å². The molecular weight excluding hydrogens is 336 g/mol. The fourth-order valence-corrected chi connectivity index (χ4v) is 4.48. The van der Waals surface area contributed by atoms with Gasteiger partial charge >= 0.3 is 0 Å². The monoisotopic (exact) mass is 353 g/mol. The molecule has 6 aromatic carbocycles. The van der Waals surface area contributed by atoms with Crippen LogP contribution in [-0.2, 0) is 0 Å². The first-order valence-electron chi connectivity index (χ1n) is 9.63. The van der Waals surface area contributed by atoms with E-state index in [1.54, 1.807) is 0 Å². The van der Waals surface area contributed by atoms with Crippen molar-refractivity contribution < 1.29 is 0 Å². The molecule has 0 atom stereocenters. The van der Waals surface area contributed by atoms with Gasteiger partial charge in [0.2, 0.25) is 0 Å². The van der Waals surface area contributed by atoms with E-state index in [1.807, 2.05) is 6.07 Å². The quantitative estimate of drug-likeness (QED) is 0.265. The van der Waals surface area contributed by atoms with Gasteiger partial charge < -0.3 is 0 Å². The van der Waals surface area contributed by atoms with Gasteiger partial charge in [0.15, 0.2) is 0 Å². The molecule has 0 aromatic heterocycles. The van der Waals surface area contributed by atoms with Crippen molar-refractivity contribution in [2.45, 2.75) is 0 Å². The van der Waals surface area contributed by atoms with E-state index in [0.717, 1.165) is 0 Å². The zero-order valence-corrected chi connectivity index (χ0v) is 15.3.